The summed E-state index contributed by atoms with van der Waals surface area (Å²) in [6.45, 7) is 0.186. The summed E-state index contributed by atoms with van der Waals surface area (Å²) in [5.74, 6) is -1.92. The number of aliphatic carboxylic acids is 1. The molecule has 0 aromatic heterocycles. The van der Waals surface area contributed by atoms with E-state index in [2.05, 4.69) is 0 Å². The van der Waals surface area contributed by atoms with Crippen molar-refractivity contribution in [1.29, 1.82) is 0 Å². The molecule has 2 aromatic carbocycles. The molecule has 7 nitrogen and oxygen atoms in total. The minimum atomic E-state index is -3.73. The molecular formula is C18H18N2O5S. The molecule has 1 heterocycles. The van der Waals surface area contributed by atoms with Crippen LogP contribution >= 0.6 is 0 Å². The number of hydrogen-bond donors (Lipinski definition) is 2. The molecule has 3 N–H and O–H groups in total. The molecule has 136 valence electrons. The Morgan fingerprint density at radius 2 is 1.81 bits per heavy atom. The van der Waals surface area contributed by atoms with Gasteiger partial charge in [0.05, 0.1) is 5.75 Å². The lowest BCUT2D eigenvalue weighted by molar-refractivity contribution is -0.142. The third-order valence-electron chi connectivity index (χ3n) is 4.34. The molecule has 0 saturated carbocycles. The molecule has 0 aliphatic carbocycles. The smallest absolute Gasteiger partial charge is 0.326 e. The maximum Gasteiger partial charge on any atom is 0.326 e. The van der Waals surface area contributed by atoms with Gasteiger partial charge in [-0.1, -0.05) is 36.4 Å². The van der Waals surface area contributed by atoms with Gasteiger partial charge in [-0.2, -0.15) is 0 Å². The van der Waals surface area contributed by atoms with Crippen LogP contribution in [0.4, 0.5) is 0 Å². The van der Waals surface area contributed by atoms with Crippen LogP contribution in [0.5, 0.6) is 0 Å². The zero-order valence-electron chi connectivity index (χ0n) is 13.8. The second-order valence-electron chi connectivity index (χ2n) is 6.27. The van der Waals surface area contributed by atoms with E-state index in [1.54, 1.807) is 12.1 Å². The van der Waals surface area contributed by atoms with Crippen molar-refractivity contribution in [2.75, 3.05) is 0 Å². The Kier molecular flexibility index (Phi) is 4.80. The average molecular weight is 374 g/mol. The van der Waals surface area contributed by atoms with E-state index in [0.717, 1.165) is 11.1 Å². The van der Waals surface area contributed by atoms with Crippen molar-refractivity contribution in [3.8, 4) is 0 Å². The fourth-order valence-corrected chi connectivity index (χ4v) is 3.79. The number of carboxylic acids is 1. The summed E-state index contributed by atoms with van der Waals surface area (Å²) in [5, 5.41) is 14.6. The monoisotopic (exact) mass is 374 g/mol. The van der Waals surface area contributed by atoms with Crippen molar-refractivity contribution < 1.29 is 23.1 Å². The van der Waals surface area contributed by atoms with Crippen LogP contribution in [0.2, 0.25) is 0 Å². The molecule has 1 aliphatic rings. The third-order valence-corrected chi connectivity index (χ3v) is 5.07. The number of carboxylic acid groups (broad SMARTS) is 1. The van der Waals surface area contributed by atoms with Gasteiger partial charge in [-0.15, -0.1) is 0 Å². The summed E-state index contributed by atoms with van der Waals surface area (Å²) >= 11 is 0. The molecule has 0 bridgehead atoms. The van der Waals surface area contributed by atoms with E-state index in [0.29, 0.717) is 5.56 Å². The zero-order chi connectivity index (χ0) is 18.9. The molecular weight excluding hydrogens is 356 g/mol. The van der Waals surface area contributed by atoms with Crippen LogP contribution in [-0.2, 0) is 33.5 Å². The largest absolute Gasteiger partial charge is 0.480 e. The number of fused-ring (bicyclic) bond motifs is 1. The number of sulfonamides is 1. The number of rotatable bonds is 4. The fraction of sp³-hybridized carbons (Fsp3) is 0.222. The molecule has 0 unspecified atom stereocenters. The molecule has 26 heavy (non-hydrogen) atoms. The quantitative estimate of drug-likeness (QED) is 0.832. The van der Waals surface area contributed by atoms with Crippen molar-refractivity contribution in [1.82, 2.24) is 4.90 Å². The highest BCUT2D eigenvalue weighted by molar-refractivity contribution is 7.88. The number of nitrogens with two attached hydrogens (primary N) is 1. The van der Waals surface area contributed by atoms with E-state index in [9.17, 15) is 23.1 Å². The highest BCUT2D eigenvalue weighted by Gasteiger charge is 2.34. The van der Waals surface area contributed by atoms with E-state index >= 15 is 0 Å². The van der Waals surface area contributed by atoms with Crippen molar-refractivity contribution in [3.05, 3.63) is 70.8 Å². The summed E-state index contributed by atoms with van der Waals surface area (Å²) in [6, 6.07) is 12.5. The first-order valence-corrected chi connectivity index (χ1v) is 9.66. The summed E-state index contributed by atoms with van der Waals surface area (Å²) in [5.41, 5.74) is 2.42. The molecule has 0 radical (unpaired) electrons. The predicted octanol–water partition coefficient (Wildman–Crippen LogP) is 1.13. The van der Waals surface area contributed by atoms with Gasteiger partial charge in [0.15, 0.2) is 0 Å². The predicted molar refractivity (Wildman–Crippen MR) is 94.7 cm³/mol. The minimum Gasteiger partial charge on any atom is -0.480 e. The van der Waals surface area contributed by atoms with Gasteiger partial charge in [0, 0.05) is 18.5 Å². The average Bonchev–Trinajstić information content (AvgIpc) is 2.58. The summed E-state index contributed by atoms with van der Waals surface area (Å²) < 4.78 is 22.5. The van der Waals surface area contributed by atoms with Gasteiger partial charge in [0.2, 0.25) is 10.0 Å². The number of primary sulfonamides is 1. The lowest BCUT2D eigenvalue weighted by Crippen LogP contribution is -2.48. The van der Waals surface area contributed by atoms with Gasteiger partial charge in [0.1, 0.15) is 6.04 Å². The molecule has 1 amide bonds. The fourth-order valence-electron chi connectivity index (χ4n) is 3.15. The highest BCUT2D eigenvalue weighted by Crippen LogP contribution is 2.25. The Morgan fingerprint density at radius 1 is 1.12 bits per heavy atom. The van der Waals surface area contributed by atoms with Crippen molar-refractivity contribution in [2.24, 2.45) is 5.14 Å². The summed E-state index contributed by atoms with van der Waals surface area (Å²) in [7, 11) is -3.73. The molecule has 0 spiro atoms. The maximum atomic E-state index is 12.9. The lowest BCUT2D eigenvalue weighted by Gasteiger charge is -2.34. The number of nitrogens with zero attached hydrogens (tertiary/aromatic N) is 1. The van der Waals surface area contributed by atoms with Gasteiger partial charge in [-0.05, 0) is 28.8 Å². The molecule has 0 saturated heterocycles. The normalized spacial score (nSPS) is 16.8. The lowest BCUT2D eigenvalue weighted by atomic mass is 9.93. The standard InChI is InChI=1S/C18H18N2O5S/c19-26(24,25)11-12-4-3-7-14(8-12)17(21)20-10-15-6-2-1-5-13(15)9-16(20)18(22)23/h1-8,16H,9-11H2,(H,22,23)(H2,19,24,25)/t16-/m0/s1. The SMILES string of the molecule is NS(=O)(=O)Cc1cccc(C(=O)N2Cc3ccccc3C[C@H]2C(=O)O)c1. The number of carbonyl (C=O) groups excluding carboxylic acids is 1. The third kappa shape index (κ3) is 3.92. The Morgan fingerprint density at radius 3 is 2.46 bits per heavy atom. The van der Waals surface area contributed by atoms with Gasteiger partial charge >= 0.3 is 5.97 Å². The van der Waals surface area contributed by atoms with Crippen molar-refractivity contribution in [2.45, 2.75) is 24.8 Å². The number of benzene rings is 2. The van der Waals surface area contributed by atoms with E-state index in [4.69, 9.17) is 5.14 Å². The highest BCUT2D eigenvalue weighted by atomic mass is 32.2. The van der Waals surface area contributed by atoms with E-state index in [1.165, 1.54) is 17.0 Å². The van der Waals surface area contributed by atoms with Crippen LogP contribution in [0, 0.1) is 0 Å². The first-order valence-electron chi connectivity index (χ1n) is 7.94. The molecule has 8 heteroatoms. The Labute approximate surface area is 151 Å². The number of hydrogen-bond acceptors (Lipinski definition) is 4. The van der Waals surface area contributed by atoms with Crippen LogP contribution in [-0.4, -0.2) is 36.3 Å². The van der Waals surface area contributed by atoms with Crippen LogP contribution in [0.15, 0.2) is 48.5 Å². The molecule has 0 fully saturated rings. The summed E-state index contributed by atoms with van der Waals surface area (Å²) in [6.07, 6.45) is 0.230. The van der Waals surface area contributed by atoms with Gasteiger partial charge < -0.3 is 10.0 Å². The Balaban J connectivity index is 1.93. The molecule has 2 aromatic rings. The Bertz CT molecular complexity index is 971. The first kappa shape index (κ1) is 18.1. The molecule has 1 aliphatic heterocycles. The van der Waals surface area contributed by atoms with E-state index in [-0.39, 0.29) is 24.3 Å². The topological polar surface area (TPSA) is 118 Å². The van der Waals surface area contributed by atoms with Gasteiger partial charge in [-0.3, -0.25) is 4.79 Å². The van der Waals surface area contributed by atoms with Crippen LogP contribution in [0.1, 0.15) is 27.0 Å². The van der Waals surface area contributed by atoms with Crippen molar-refractivity contribution >= 4 is 21.9 Å². The van der Waals surface area contributed by atoms with E-state index in [1.807, 2.05) is 24.3 Å². The van der Waals surface area contributed by atoms with Crippen LogP contribution in [0.3, 0.4) is 0 Å². The molecule has 3 rings (SSSR count). The minimum absolute atomic E-state index is 0.186. The number of amides is 1. The van der Waals surface area contributed by atoms with E-state index < -0.39 is 27.9 Å². The summed E-state index contributed by atoms with van der Waals surface area (Å²) in [4.78, 5) is 25.9. The van der Waals surface area contributed by atoms with Gasteiger partial charge in [0.25, 0.3) is 5.91 Å². The van der Waals surface area contributed by atoms with Crippen LogP contribution < -0.4 is 5.14 Å². The Hall–Kier alpha value is -2.71. The van der Waals surface area contributed by atoms with Crippen molar-refractivity contribution in [3.63, 3.8) is 0 Å². The zero-order valence-corrected chi connectivity index (χ0v) is 14.6. The molecule has 1 atom stereocenters. The maximum absolute atomic E-state index is 12.9. The second-order valence-corrected chi connectivity index (χ2v) is 7.88. The van der Waals surface area contributed by atoms with Crippen LogP contribution in [0.25, 0.3) is 0 Å². The second kappa shape index (κ2) is 6.89. The van der Waals surface area contributed by atoms with Gasteiger partial charge in [-0.25, -0.2) is 18.4 Å². The number of carbonyl (C=O) groups is 2. The first-order chi connectivity index (χ1) is 12.2.